The van der Waals surface area contributed by atoms with Gasteiger partial charge < -0.3 is 10.2 Å². The van der Waals surface area contributed by atoms with Gasteiger partial charge in [-0.25, -0.2) is 0 Å². The molecular weight excluding hydrogens is 352 g/mol. The fourth-order valence-corrected chi connectivity index (χ4v) is 3.13. The molecule has 3 rings (SSSR count). The summed E-state index contributed by atoms with van der Waals surface area (Å²) in [5, 5.41) is 3.51. The van der Waals surface area contributed by atoms with Crippen LogP contribution in [0.2, 0.25) is 5.02 Å². The first-order chi connectivity index (χ1) is 12.4. The number of benzene rings is 2. The Labute approximate surface area is 156 Å². The molecule has 134 valence electrons. The maximum absolute atomic E-state index is 12.4. The number of hydrogen-bond donors (Lipinski definition) is 1. The molecule has 6 heteroatoms. The number of amides is 2. The lowest BCUT2D eigenvalue weighted by molar-refractivity contribution is -0.142. The highest BCUT2D eigenvalue weighted by Gasteiger charge is 2.41. The van der Waals surface area contributed by atoms with Crippen molar-refractivity contribution in [3.63, 3.8) is 0 Å². The normalized spacial score (nSPS) is 18.1. The Kier molecular flexibility index (Phi) is 5.09. The Morgan fingerprint density at radius 1 is 1.15 bits per heavy atom. The summed E-state index contributed by atoms with van der Waals surface area (Å²) in [6.45, 7) is 1.98. The van der Waals surface area contributed by atoms with Crippen LogP contribution in [0, 0.1) is 5.92 Å². The van der Waals surface area contributed by atoms with Crippen molar-refractivity contribution in [3.05, 3.63) is 59.1 Å². The van der Waals surface area contributed by atoms with Crippen molar-refractivity contribution < 1.29 is 14.4 Å². The Morgan fingerprint density at radius 3 is 2.46 bits per heavy atom. The van der Waals surface area contributed by atoms with Crippen LogP contribution in [0.25, 0.3) is 11.1 Å². The van der Waals surface area contributed by atoms with Crippen molar-refractivity contribution in [3.8, 4) is 11.1 Å². The largest absolute Gasteiger partial charge is 0.349 e. The second-order valence-electron chi connectivity index (χ2n) is 6.47. The van der Waals surface area contributed by atoms with E-state index in [0.717, 1.165) is 16.7 Å². The quantitative estimate of drug-likeness (QED) is 0.664. The standard InChI is InChI=1S/C20H19ClN2O3/c1-12(22-19(25)17-11-23(2)20(26)18(17)24)14-4-3-5-15(10-14)13-6-8-16(21)9-7-13/h3-10,12,17H,11H2,1-2H3,(H,22,25)/t12-,17?/m1/s1. The second-order valence-corrected chi connectivity index (χ2v) is 6.90. The molecule has 0 aliphatic carbocycles. The van der Waals surface area contributed by atoms with Crippen LogP contribution in [0.1, 0.15) is 18.5 Å². The van der Waals surface area contributed by atoms with E-state index in [1.807, 2.05) is 55.5 Å². The average molecular weight is 371 g/mol. The molecule has 1 fully saturated rings. The Bertz CT molecular complexity index is 864. The third-order valence-corrected chi connectivity index (χ3v) is 4.82. The number of nitrogens with one attached hydrogen (secondary N) is 1. The summed E-state index contributed by atoms with van der Waals surface area (Å²) in [6.07, 6.45) is 0. The highest BCUT2D eigenvalue weighted by molar-refractivity contribution is 6.42. The van der Waals surface area contributed by atoms with Crippen LogP contribution in [0.15, 0.2) is 48.5 Å². The molecule has 2 atom stereocenters. The average Bonchev–Trinajstić information content (AvgIpc) is 2.90. The van der Waals surface area contributed by atoms with Gasteiger partial charge in [-0.3, -0.25) is 14.4 Å². The molecule has 0 radical (unpaired) electrons. The van der Waals surface area contributed by atoms with Gasteiger partial charge in [-0.2, -0.15) is 0 Å². The van der Waals surface area contributed by atoms with E-state index in [2.05, 4.69) is 5.32 Å². The monoisotopic (exact) mass is 370 g/mol. The first-order valence-corrected chi connectivity index (χ1v) is 8.70. The number of likely N-dealkylation sites (tertiary alicyclic amines) is 1. The molecule has 0 saturated carbocycles. The predicted octanol–water partition coefficient (Wildman–Crippen LogP) is 2.84. The number of halogens is 1. The van der Waals surface area contributed by atoms with E-state index < -0.39 is 23.5 Å². The molecule has 0 spiro atoms. The molecule has 0 aromatic heterocycles. The van der Waals surface area contributed by atoms with Gasteiger partial charge >= 0.3 is 0 Å². The van der Waals surface area contributed by atoms with E-state index in [1.165, 1.54) is 11.9 Å². The molecule has 1 unspecified atom stereocenters. The number of ketones is 1. The van der Waals surface area contributed by atoms with Crippen LogP contribution >= 0.6 is 11.6 Å². The molecule has 1 aliphatic heterocycles. The van der Waals surface area contributed by atoms with Crippen molar-refractivity contribution in [1.29, 1.82) is 0 Å². The molecule has 26 heavy (non-hydrogen) atoms. The molecule has 1 N–H and O–H groups in total. The summed E-state index contributed by atoms with van der Waals surface area (Å²) in [7, 11) is 1.52. The first-order valence-electron chi connectivity index (χ1n) is 8.32. The number of likely N-dealkylation sites (N-methyl/N-ethyl adjacent to an activating group) is 1. The van der Waals surface area contributed by atoms with Gasteiger partial charge in [0.05, 0.1) is 6.04 Å². The van der Waals surface area contributed by atoms with Crippen LogP contribution in [0.5, 0.6) is 0 Å². The number of Topliss-reactive ketones (excluding diaryl/α,β-unsaturated/α-hetero) is 1. The lowest BCUT2D eigenvalue weighted by Gasteiger charge is -2.17. The molecular formula is C20H19ClN2O3. The predicted molar refractivity (Wildman–Crippen MR) is 99.6 cm³/mol. The Balaban J connectivity index is 1.74. The third-order valence-electron chi connectivity index (χ3n) is 4.57. The summed E-state index contributed by atoms with van der Waals surface area (Å²) in [4.78, 5) is 37.1. The van der Waals surface area contributed by atoms with Gasteiger partial charge in [-0.15, -0.1) is 0 Å². The fraction of sp³-hybridized carbons (Fsp3) is 0.250. The Morgan fingerprint density at radius 2 is 1.85 bits per heavy atom. The van der Waals surface area contributed by atoms with Gasteiger partial charge in [-0.05, 0) is 41.8 Å². The van der Waals surface area contributed by atoms with Gasteiger partial charge in [0.2, 0.25) is 11.7 Å². The van der Waals surface area contributed by atoms with E-state index >= 15 is 0 Å². The van der Waals surface area contributed by atoms with Crippen molar-refractivity contribution in [2.24, 2.45) is 5.92 Å². The topological polar surface area (TPSA) is 66.5 Å². The van der Waals surface area contributed by atoms with Crippen LogP contribution < -0.4 is 5.32 Å². The van der Waals surface area contributed by atoms with Crippen LogP contribution in [0.4, 0.5) is 0 Å². The summed E-state index contributed by atoms with van der Waals surface area (Å²) in [6, 6.07) is 15.0. The first kappa shape index (κ1) is 18.1. The minimum atomic E-state index is -0.936. The summed E-state index contributed by atoms with van der Waals surface area (Å²) >= 11 is 5.93. The van der Waals surface area contributed by atoms with E-state index in [4.69, 9.17) is 11.6 Å². The van der Waals surface area contributed by atoms with Crippen molar-refractivity contribution >= 4 is 29.2 Å². The van der Waals surface area contributed by atoms with E-state index in [1.54, 1.807) is 0 Å². The highest BCUT2D eigenvalue weighted by Crippen LogP contribution is 2.25. The van der Waals surface area contributed by atoms with Crippen molar-refractivity contribution in [2.45, 2.75) is 13.0 Å². The summed E-state index contributed by atoms with van der Waals surface area (Å²) in [5.74, 6) is -2.61. The highest BCUT2D eigenvalue weighted by atomic mass is 35.5. The molecule has 0 bridgehead atoms. The lowest BCUT2D eigenvalue weighted by atomic mass is 9.99. The third kappa shape index (κ3) is 3.63. The lowest BCUT2D eigenvalue weighted by Crippen LogP contribution is -2.37. The molecule has 5 nitrogen and oxygen atoms in total. The Hall–Kier alpha value is -2.66. The minimum Gasteiger partial charge on any atom is -0.349 e. The SMILES string of the molecule is C[C@@H](NC(=O)C1CN(C)C(=O)C1=O)c1cccc(-c2ccc(Cl)cc2)c1. The zero-order valence-electron chi connectivity index (χ0n) is 14.5. The zero-order valence-corrected chi connectivity index (χ0v) is 15.3. The molecule has 2 amide bonds. The minimum absolute atomic E-state index is 0.126. The molecule has 1 saturated heterocycles. The smallest absolute Gasteiger partial charge is 0.290 e. The van der Waals surface area contributed by atoms with E-state index in [-0.39, 0.29) is 12.6 Å². The summed E-state index contributed by atoms with van der Waals surface area (Å²) in [5.41, 5.74) is 2.94. The molecule has 1 aliphatic rings. The van der Waals surface area contributed by atoms with Crippen molar-refractivity contribution in [2.75, 3.05) is 13.6 Å². The fourth-order valence-electron chi connectivity index (χ4n) is 3.01. The second kappa shape index (κ2) is 7.30. The van der Waals surface area contributed by atoms with Crippen molar-refractivity contribution in [1.82, 2.24) is 10.2 Å². The maximum atomic E-state index is 12.4. The van der Waals surface area contributed by atoms with E-state index in [0.29, 0.717) is 5.02 Å². The van der Waals surface area contributed by atoms with Gasteiger partial charge in [-0.1, -0.05) is 41.9 Å². The number of rotatable bonds is 4. The van der Waals surface area contributed by atoms with E-state index in [9.17, 15) is 14.4 Å². The summed E-state index contributed by atoms with van der Waals surface area (Å²) < 4.78 is 0. The van der Waals surface area contributed by atoms with Crippen LogP contribution in [0.3, 0.4) is 0 Å². The molecule has 2 aromatic rings. The number of carbonyl (C=O) groups excluding carboxylic acids is 3. The van der Waals surface area contributed by atoms with Gasteiger partial charge in [0.25, 0.3) is 5.91 Å². The molecule has 1 heterocycles. The maximum Gasteiger partial charge on any atom is 0.290 e. The van der Waals surface area contributed by atoms with Gasteiger partial charge in [0.15, 0.2) is 0 Å². The number of nitrogens with zero attached hydrogens (tertiary/aromatic N) is 1. The number of carbonyl (C=O) groups is 3. The zero-order chi connectivity index (χ0) is 18.8. The van der Waals surface area contributed by atoms with Crippen LogP contribution in [-0.2, 0) is 14.4 Å². The van der Waals surface area contributed by atoms with Gasteiger partial charge in [0, 0.05) is 18.6 Å². The molecule has 2 aromatic carbocycles. The number of hydrogen-bond acceptors (Lipinski definition) is 3. The van der Waals surface area contributed by atoms with Gasteiger partial charge in [0.1, 0.15) is 5.92 Å². The van der Waals surface area contributed by atoms with Crippen LogP contribution in [-0.4, -0.2) is 36.1 Å².